The number of carbonyl (C=O) groups excluding carboxylic acids is 2. The van der Waals surface area contributed by atoms with Crippen LogP contribution >= 0.6 is 11.3 Å². The molecule has 0 fully saturated rings. The number of thiophene rings is 1. The van der Waals surface area contributed by atoms with E-state index in [1.165, 1.54) is 11.3 Å². The summed E-state index contributed by atoms with van der Waals surface area (Å²) in [5.74, 6) is 1.14. The molecule has 0 aliphatic carbocycles. The summed E-state index contributed by atoms with van der Waals surface area (Å²) < 4.78 is 11.2. The van der Waals surface area contributed by atoms with Crippen LogP contribution in [0.3, 0.4) is 0 Å². The summed E-state index contributed by atoms with van der Waals surface area (Å²) in [4.78, 5) is 25.9. The maximum atomic E-state index is 12.1. The SMILES string of the molecule is Cc1ccc(C(=O)CCC(=O)Nc2ccc3c(c2)OCCCO3)s1. The van der Waals surface area contributed by atoms with Crippen LogP contribution in [0.1, 0.15) is 33.8 Å². The number of ketones is 1. The number of ether oxygens (including phenoxy) is 2. The fraction of sp³-hybridized carbons (Fsp3) is 0.333. The summed E-state index contributed by atoms with van der Waals surface area (Å²) in [6.07, 6.45) is 1.20. The van der Waals surface area contributed by atoms with E-state index in [-0.39, 0.29) is 24.5 Å². The van der Waals surface area contributed by atoms with Gasteiger partial charge >= 0.3 is 0 Å². The summed E-state index contributed by atoms with van der Waals surface area (Å²) in [5, 5.41) is 2.80. The molecule has 1 aromatic heterocycles. The van der Waals surface area contributed by atoms with Gasteiger partial charge in [0.05, 0.1) is 18.1 Å². The number of anilines is 1. The van der Waals surface area contributed by atoms with Crippen molar-refractivity contribution in [3.63, 3.8) is 0 Å². The highest BCUT2D eigenvalue weighted by molar-refractivity contribution is 7.14. The molecule has 0 unspecified atom stereocenters. The van der Waals surface area contributed by atoms with Gasteiger partial charge in [-0.25, -0.2) is 0 Å². The van der Waals surface area contributed by atoms with Gasteiger partial charge in [0.15, 0.2) is 17.3 Å². The van der Waals surface area contributed by atoms with Crippen LogP contribution in [0.4, 0.5) is 5.69 Å². The highest BCUT2D eigenvalue weighted by Crippen LogP contribution is 2.32. The van der Waals surface area contributed by atoms with Crippen LogP contribution in [0.2, 0.25) is 0 Å². The molecule has 2 aromatic rings. The second-order valence-corrected chi connectivity index (χ2v) is 6.88. The Labute approximate surface area is 144 Å². The average molecular weight is 345 g/mol. The van der Waals surface area contributed by atoms with E-state index in [1.54, 1.807) is 18.2 Å². The second kappa shape index (κ2) is 7.49. The summed E-state index contributed by atoms with van der Waals surface area (Å²) in [7, 11) is 0. The number of aryl methyl sites for hydroxylation is 1. The molecule has 0 bridgehead atoms. The van der Waals surface area contributed by atoms with Gasteiger partial charge < -0.3 is 14.8 Å². The predicted molar refractivity (Wildman–Crippen MR) is 93.3 cm³/mol. The number of benzene rings is 1. The Balaban J connectivity index is 1.55. The third kappa shape index (κ3) is 4.14. The van der Waals surface area contributed by atoms with E-state index in [1.807, 2.05) is 19.1 Å². The first-order valence-electron chi connectivity index (χ1n) is 7.91. The topological polar surface area (TPSA) is 64.6 Å². The number of carbonyl (C=O) groups is 2. The lowest BCUT2D eigenvalue weighted by atomic mass is 10.2. The van der Waals surface area contributed by atoms with Gasteiger partial charge in [-0.15, -0.1) is 11.3 Å². The van der Waals surface area contributed by atoms with Crippen LogP contribution in [0.15, 0.2) is 30.3 Å². The minimum absolute atomic E-state index is 0.00177. The first kappa shape index (κ1) is 16.5. The van der Waals surface area contributed by atoms with Crippen molar-refractivity contribution in [1.82, 2.24) is 0 Å². The van der Waals surface area contributed by atoms with Crippen molar-refractivity contribution in [1.29, 1.82) is 0 Å². The lowest BCUT2D eigenvalue weighted by molar-refractivity contribution is -0.116. The smallest absolute Gasteiger partial charge is 0.224 e. The number of nitrogens with one attached hydrogen (secondary N) is 1. The highest BCUT2D eigenvalue weighted by Gasteiger charge is 2.14. The molecule has 3 rings (SSSR count). The Kier molecular flexibility index (Phi) is 5.15. The fourth-order valence-corrected chi connectivity index (χ4v) is 3.23. The maximum absolute atomic E-state index is 12.1. The van der Waals surface area contributed by atoms with Gasteiger partial charge in [0, 0.05) is 35.9 Å². The summed E-state index contributed by atoms with van der Waals surface area (Å²) in [6, 6.07) is 9.04. The van der Waals surface area contributed by atoms with E-state index in [0.717, 1.165) is 11.3 Å². The van der Waals surface area contributed by atoms with E-state index in [9.17, 15) is 9.59 Å². The van der Waals surface area contributed by atoms with E-state index >= 15 is 0 Å². The predicted octanol–water partition coefficient (Wildman–Crippen LogP) is 3.82. The lowest BCUT2D eigenvalue weighted by Gasteiger charge is -2.10. The standard InChI is InChI=1S/C18H19NO4S/c1-12-3-7-17(24-12)14(20)5-8-18(21)19-13-4-6-15-16(11-13)23-10-2-9-22-15/h3-4,6-7,11H,2,5,8-10H2,1H3,(H,19,21). The molecule has 0 saturated heterocycles. The third-order valence-corrected chi connectivity index (χ3v) is 4.67. The van der Waals surface area contributed by atoms with Gasteiger partial charge in [-0.3, -0.25) is 9.59 Å². The second-order valence-electron chi connectivity index (χ2n) is 5.59. The number of fused-ring (bicyclic) bond motifs is 1. The molecule has 1 aliphatic heterocycles. The Morgan fingerprint density at radius 2 is 1.88 bits per heavy atom. The monoisotopic (exact) mass is 345 g/mol. The zero-order valence-electron chi connectivity index (χ0n) is 13.5. The van der Waals surface area contributed by atoms with Gasteiger partial charge in [-0.05, 0) is 31.2 Å². The van der Waals surface area contributed by atoms with E-state index < -0.39 is 0 Å². The molecule has 0 spiro atoms. The zero-order chi connectivity index (χ0) is 16.9. The van der Waals surface area contributed by atoms with Gasteiger partial charge in [-0.2, -0.15) is 0 Å². The van der Waals surface area contributed by atoms with Crippen molar-refractivity contribution in [3.05, 3.63) is 40.1 Å². The molecular weight excluding hydrogens is 326 g/mol. The molecule has 5 nitrogen and oxygen atoms in total. The van der Waals surface area contributed by atoms with Gasteiger partial charge in [0.2, 0.25) is 5.91 Å². The normalized spacial score (nSPS) is 13.2. The highest BCUT2D eigenvalue weighted by atomic mass is 32.1. The molecule has 6 heteroatoms. The Hall–Kier alpha value is -2.34. The van der Waals surface area contributed by atoms with Crippen molar-refractivity contribution >= 4 is 28.7 Å². The first-order valence-corrected chi connectivity index (χ1v) is 8.72. The largest absolute Gasteiger partial charge is 0.490 e. The van der Waals surface area contributed by atoms with Crippen LogP contribution < -0.4 is 14.8 Å². The number of amides is 1. The molecule has 0 radical (unpaired) electrons. The lowest BCUT2D eigenvalue weighted by Crippen LogP contribution is -2.13. The van der Waals surface area contributed by atoms with Crippen LogP contribution in [-0.4, -0.2) is 24.9 Å². The Morgan fingerprint density at radius 3 is 2.62 bits per heavy atom. The quantitative estimate of drug-likeness (QED) is 0.837. The van der Waals surface area contributed by atoms with Crippen LogP contribution in [0, 0.1) is 6.92 Å². The van der Waals surface area contributed by atoms with Gasteiger partial charge in [-0.1, -0.05) is 0 Å². The minimum Gasteiger partial charge on any atom is -0.490 e. The molecular formula is C18H19NO4S. The van der Waals surface area contributed by atoms with Crippen molar-refractivity contribution < 1.29 is 19.1 Å². The summed E-state index contributed by atoms with van der Waals surface area (Å²) >= 11 is 1.46. The molecule has 24 heavy (non-hydrogen) atoms. The van der Waals surface area contributed by atoms with Crippen molar-refractivity contribution in [2.24, 2.45) is 0 Å². The molecule has 1 N–H and O–H groups in total. The molecule has 126 valence electrons. The zero-order valence-corrected chi connectivity index (χ0v) is 14.3. The maximum Gasteiger partial charge on any atom is 0.224 e. The summed E-state index contributed by atoms with van der Waals surface area (Å²) in [5.41, 5.74) is 0.642. The Bertz CT molecular complexity index is 753. The van der Waals surface area contributed by atoms with Crippen molar-refractivity contribution in [3.8, 4) is 11.5 Å². The van der Waals surface area contributed by atoms with Gasteiger partial charge in [0.1, 0.15) is 0 Å². The number of hydrogen-bond acceptors (Lipinski definition) is 5. The molecule has 0 saturated carbocycles. The molecule has 1 amide bonds. The van der Waals surface area contributed by atoms with Gasteiger partial charge in [0.25, 0.3) is 0 Å². The van der Waals surface area contributed by atoms with Crippen molar-refractivity contribution in [2.45, 2.75) is 26.2 Å². The third-order valence-electron chi connectivity index (χ3n) is 3.63. The van der Waals surface area contributed by atoms with Crippen LogP contribution in [0.5, 0.6) is 11.5 Å². The van der Waals surface area contributed by atoms with Crippen molar-refractivity contribution in [2.75, 3.05) is 18.5 Å². The molecule has 1 aliphatic rings. The number of Topliss-reactive ketones (excluding diaryl/α,β-unsaturated/α-hetero) is 1. The first-order chi connectivity index (χ1) is 11.6. The van der Waals surface area contributed by atoms with E-state index in [2.05, 4.69) is 5.32 Å². The molecule has 2 heterocycles. The average Bonchev–Trinajstić information content (AvgIpc) is 2.87. The molecule has 0 atom stereocenters. The van der Waals surface area contributed by atoms with Crippen LogP contribution in [0.25, 0.3) is 0 Å². The number of rotatable bonds is 5. The van der Waals surface area contributed by atoms with E-state index in [0.29, 0.717) is 35.3 Å². The summed E-state index contributed by atoms with van der Waals surface area (Å²) in [6.45, 7) is 3.18. The minimum atomic E-state index is -0.189. The number of hydrogen-bond donors (Lipinski definition) is 1. The molecule has 1 aromatic carbocycles. The fourth-order valence-electron chi connectivity index (χ4n) is 2.40. The van der Waals surface area contributed by atoms with E-state index in [4.69, 9.17) is 9.47 Å². The Morgan fingerprint density at radius 1 is 1.08 bits per heavy atom. The van der Waals surface area contributed by atoms with Crippen LogP contribution in [-0.2, 0) is 4.79 Å².